The van der Waals surface area contributed by atoms with E-state index in [1.54, 1.807) is 13.8 Å². The van der Waals surface area contributed by atoms with Crippen molar-refractivity contribution in [2.75, 3.05) is 11.9 Å². The molecular weight excluding hydrogens is 282 g/mol. The maximum Gasteiger partial charge on any atom is 0.328 e. The van der Waals surface area contributed by atoms with Crippen LogP contribution < -0.4 is 10.9 Å². The SMILES string of the molecule is CCOC(=O)C(C)Nc1cnn(CC(C)C)c(=O)c1Cl. The van der Waals surface area contributed by atoms with Gasteiger partial charge < -0.3 is 10.1 Å². The minimum absolute atomic E-state index is 0.0248. The van der Waals surface area contributed by atoms with Gasteiger partial charge in [-0.2, -0.15) is 5.10 Å². The molecule has 1 aromatic heterocycles. The third kappa shape index (κ3) is 4.23. The highest BCUT2D eigenvalue weighted by atomic mass is 35.5. The summed E-state index contributed by atoms with van der Waals surface area (Å²) in [5.41, 5.74) is -0.0429. The van der Waals surface area contributed by atoms with Crippen LogP contribution in [0.4, 0.5) is 5.69 Å². The number of esters is 1. The number of carbonyl (C=O) groups excluding carboxylic acids is 1. The molecule has 0 amide bonds. The van der Waals surface area contributed by atoms with Gasteiger partial charge >= 0.3 is 5.97 Å². The Morgan fingerprint density at radius 2 is 2.15 bits per heavy atom. The Morgan fingerprint density at radius 1 is 1.50 bits per heavy atom. The highest BCUT2D eigenvalue weighted by Gasteiger charge is 2.17. The van der Waals surface area contributed by atoms with Gasteiger partial charge in [-0.3, -0.25) is 4.79 Å². The molecule has 112 valence electrons. The van der Waals surface area contributed by atoms with E-state index in [-0.39, 0.29) is 16.5 Å². The standard InChI is InChI=1S/C13H20ClN3O3/c1-5-20-13(19)9(4)16-10-6-15-17(7-8(2)3)12(18)11(10)14/h6,8-9,16H,5,7H2,1-4H3. The van der Waals surface area contributed by atoms with E-state index in [1.807, 2.05) is 13.8 Å². The molecule has 0 aliphatic carbocycles. The molecule has 0 spiro atoms. The second-order valence-corrected chi connectivity index (χ2v) is 5.25. The Kier molecular flexibility index (Phi) is 6.01. The van der Waals surface area contributed by atoms with E-state index in [4.69, 9.17) is 16.3 Å². The van der Waals surface area contributed by atoms with E-state index in [0.29, 0.717) is 18.8 Å². The molecule has 1 aromatic rings. The second kappa shape index (κ2) is 7.28. The van der Waals surface area contributed by atoms with Gasteiger partial charge in [-0.05, 0) is 19.8 Å². The summed E-state index contributed by atoms with van der Waals surface area (Å²) in [6.07, 6.45) is 1.45. The quantitative estimate of drug-likeness (QED) is 0.813. The summed E-state index contributed by atoms with van der Waals surface area (Å²) < 4.78 is 6.19. The number of anilines is 1. The van der Waals surface area contributed by atoms with E-state index < -0.39 is 12.0 Å². The van der Waals surface area contributed by atoms with Crippen molar-refractivity contribution in [3.05, 3.63) is 21.6 Å². The molecule has 6 nitrogen and oxygen atoms in total. The van der Waals surface area contributed by atoms with Gasteiger partial charge in [0.1, 0.15) is 11.1 Å². The van der Waals surface area contributed by atoms with Gasteiger partial charge in [-0.25, -0.2) is 9.48 Å². The van der Waals surface area contributed by atoms with Gasteiger partial charge in [0.25, 0.3) is 5.56 Å². The summed E-state index contributed by atoms with van der Waals surface area (Å²) in [4.78, 5) is 23.5. The lowest BCUT2D eigenvalue weighted by Crippen LogP contribution is -2.31. The highest BCUT2D eigenvalue weighted by molar-refractivity contribution is 6.33. The molecule has 1 unspecified atom stereocenters. The number of carbonyl (C=O) groups is 1. The van der Waals surface area contributed by atoms with E-state index in [2.05, 4.69) is 10.4 Å². The lowest BCUT2D eigenvalue weighted by molar-refractivity contribution is -0.143. The Balaban J connectivity index is 2.90. The highest BCUT2D eigenvalue weighted by Crippen LogP contribution is 2.16. The zero-order chi connectivity index (χ0) is 15.3. The van der Waals surface area contributed by atoms with Crippen molar-refractivity contribution in [1.82, 2.24) is 9.78 Å². The molecule has 0 aliphatic rings. The van der Waals surface area contributed by atoms with Crippen LogP contribution in [0.2, 0.25) is 5.02 Å². The largest absolute Gasteiger partial charge is 0.464 e. The van der Waals surface area contributed by atoms with E-state index in [0.717, 1.165) is 0 Å². The van der Waals surface area contributed by atoms with Crippen molar-refractivity contribution >= 4 is 23.3 Å². The van der Waals surface area contributed by atoms with Crippen LogP contribution in [-0.4, -0.2) is 28.4 Å². The summed E-state index contributed by atoms with van der Waals surface area (Å²) in [5, 5.41) is 6.90. The summed E-state index contributed by atoms with van der Waals surface area (Å²) in [6.45, 7) is 8.12. The topological polar surface area (TPSA) is 73.2 Å². The summed E-state index contributed by atoms with van der Waals surface area (Å²) in [6, 6.07) is -0.602. The molecule has 0 saturated heterocycles. The molecule has 0 aromatic carbocycles. The number of hydrogen-bond acceptors (Lipinski definition) is 5. The number of nitrogens with one attached hydrogen (secondary N) is 1. The molecular formula is C13H20ClN3O3. The van der Waals surface area contributed by atoms with E-state index in [9.17, 15) is 9.59 Å². The minimum Gasteiger partial charge on any atom is -0.464 e. The Hall–Kier alpha value is -1.56. The Labute approximate surface area is 123 Å². The number of halogens is 1. The fourth-order valence-corrected chi connectivity index (χ4v) is 1.80. The first-order valence-electron chi connectivity index (χ1n) is 6.55. The van der Waals surface area contributed by atoms with Gasteiger partial charge in [0.2, 0.25) is 0 Å². The van der Waals surface area contributed by atoms with Crippen molar-refractivity contribution in [3.63, 3.8) is 0 Å². The molecule has 1 N–H and O–H groups in total. The summed E-state index contributed by atoms with van der Waals surface area (Å²) in [7, 11) is 0. The predicted molar refractivity (Wildman–Crippen MR) is 78.1 cm³/mol. The van der Waals surface area contributed by atoms with Crippen molar-refractivity contribution in [2.24, 2.45) is 5.92 Å². The van der Waals surface area contributed by atoms with Crippen LogP contribution in [0.15, 0.2) is 11.0 Å². The Morgan fingerprint density at radius 3 is 2.70 bits per heavy atom. The fraction of sp³-hybridized carbons (Fsp3) is 0.615. The van der Waals surface area contributed by atoms with Crippen molar-refractivity contribution in [1.29, 1.82) is 0 Å². The van der Waals surface area contributed by atoms with Gasteiger partial charge in [-0.1, -0.05) is 25.4 Å². The average Bonchev–Trinajstić information content (AvgIpc) is 2.38. The first kappa shape index (κ1) is 16.5. The zero-order valence-corrected chi connectivity index (χ0v) is 12.9. The third-order valence-corrected chi connectivity index (χ3v) is 2.90. The number of hydrogen-bond donors (Lipinski definition) is 1. The van der Waals surface area contributed by atoms with Crippen LogP contribution >= 0.6 is 11.6 Å². The lowest BCUT2D eigenvalue weighted by atomic mass is 10.2. The molecule has 1 heterocycles. The summed E-state index contributed by atoms with van der Waals surface area (Å²) >= 11 is 6.02. The number of aromatic nitrogens is 2. The number of nitrogens with zero attached hydrogens (tertiary/aromatic N) is 2. The molecule has 1 atom stereocenters. The van der Waals surface area contributed by atoms with Crippen LogP contribution in [0.3, 0.4) is 0 Å². The normalized spacial score (nSPS) is 12.3. The predicted octanol–water partition coefficient (Wildman–Crippen LogP) is 1.92. The van der Waals surface area contributed by atoms with Gasteiger partial charge in [-0.15, -0.1) is 0 Å². The smallest absolute Gasteiger partial charge is 0.328 e. The van der Waals surface area contributed by atoms with Crippen molar-refractivity contribution in [3.8, 4) is 0 Å². The molecule has 0 saturated carbocycles. The molecule has 20 heavy (non-hydrogen) atoms. The van der Waals surface area contributed by atoms with Crippen molar-refractivity contribution in [2.45, 2.75) is 40.3 Å². The van der Waals surface area contributed by atoms with Crippen molar-refractivity contribution < 1.29 is 9.53 Å². The number of rotatable bonds is 6. The third-order valence-electron chi connectivity index (χ3n) is 2.54. The molecule has 7 heteroatoms. The number of ether oxygens (including phenoxy) is 1. The van der Waals surface area contributed by atoms with Crippen LogP contribution in [0, 0.1) is 5.92 Å². The van der Waals surface area contributed by atoms with Gasteiger partial charge in [0.05, 0.1) is 18.5 Å². The monoisotopic (exact) mass is 301 g/mol. The van der Waals surface area contributed by atoms with Crippen LogP contribution in [0.5, 0.6) is 0 Å². The maximum atomic E-state index is 12.0. The molecule has 1 rings (SSSR count). The molecule has 0 radical (unpaired) electrons. The maximum absolute atomic E-state index is 12.0. The van der Waals surface area contributed by atoms with Gasteiger partial charge in [0.15, 0.2) is 0 Å². The van der Waals surface area contributed by atoms with Crippen LogP contribution in [0.25, 0.3) is 0 Å². The fourth-order valence-electron chi connectivity index (χ4n) is 1.60. The molecule has 0 fully saturated rings. The van der Waals surface area contributed by atoms with Crippen LogP contribution in [0.1, 0.15) is 27.7 Å². The molecule has 0 aliphatic heterocycles. The second-order valence-electron chi connectivity index (χ2n) is 4.87. The van der Waals surface area contributed by atoms with Crippen LogP contribution in [-0.2, 0) is 16.1 Å². The minimum atomic E-state index is -0.602. The van der Waals surface area contributed by atoms with Gasteiger partial charge in [0, 0.05) is 6.54 Å². The Bertz CT molecular complexity index is 528. The summed E-state index contributed by atoms with van der Waals surface area (Å²) in [5.74, 6) is -0.122. The zero-order valence-electron chi connectivity index (χ0n) is 12.1. The average molecular weight is 302 g/mol. The van der Waals surface area contributed by atoms with E-state index in [1.165, 1.54) is 10.9 Å². The molecule has 0 bridgehead atoms. The lowest BCUT2D eigenvalue weighted by Gasteiger charge is -2.15. The first-order valence-corrected chi connectivity index (χ1v) is 6.93. The van der Waals surface area contributed by atoms with E-state index >= 15 is 0 Å². The first-order chi connectivity index (χ1) is 9.36.